The zero-order valence-corrected chi connectivity index (χ0v) is 6.65. The van der Waals surface area contributed by atoms with Crippen molar-refractivity contribution in [1.82, 2.24) is 0 Å². The molecule has 0 aromatic heterocycles. The van der Waals surface area contributed by atoms with E-state index in [2.05, 4.69) is 0 Å². The van der Waals surface area contributed by atoms with Crippen LogP contribution in [0.4, 0.5) is 13.2 Å². The molecule has 0 atom stereocenters. The molecule has 1 aromatic rings. The number of hydrogen-bond donors (Lipinski definition) is 0. The molecule has 0 nitrogen and oxygen atoms in total. The summed E-state index contributed by atoms with van der Waals surface area (Å²) in [6.45, 7) is 0. The fourth-order valence-electron chi connectivity index (χ4n) is 1.11. The van der Waals surface area contributed by atoms with Gasteiger partial charge < -0.3 is 0 Å². The van der Waals surface area contributed by atoms with Crippen LogP contribution in [0, 0.1) is 0 Å². The van der Waals surface area contributed by atoms with Gasteiger partial charge >= 0.3 is 6.18 Å². The fraction of sp³-hybridized carbons (Fsp3) is 0.250. The minimum Gasteiger partial charge on any atom is -0.166 e. The van der Waals surface area contributed by atoms with Crippen LogP contribution in [0.2, 0.25) is 0 Å². The van der Waals surface area contributed by atoms with E-state index < -0.39 is 11.7 Å². The second kappa shape index (κ2) is 3.21. The second-order valence-corrected chi connectivity index (χ2v) is 2.51. The molecule has 0 spiro atoms. The highest BCUT2D eigenvalue weighted by atomic mass is 19.4. The predicted molar refractivity (Wildman–Crippen MR) is 43.7 cm³/mol. The van der Waals surface area contributed by atoms with Crippen molar-refractivity contribution < 1.29 is 13.2 Å². The summed E-state index contributed by atoms with van der Waals surface area (Å²) in [7, 11) is 1.71. The topological polar surface area (TPSA) is 0 Å². The maximum atomic E-state index is 12.2. The van der Waals surface area contributed by atoms with Crippen LogP contribution in [0.25, 0.3) is 0 Å². The SMILES string of the molecule is BCc1ccccc1C(F)(F)F. The Hall–Kier alpha value is -0.925. The smallest absolute Gasteiger partial charge is 0.166 e. The van der Waals surface area contributed by atoms with Crippen molar-refractivity contribution in [3.05, 3.63) is 35.4 Å². The number of rotatable bonds is 1. The lowest BCUT2D eigenvalue weighted by molar-refractivity contribution is -0.138. The van der Waals surface area contributed by atoms with E-state index >= 15 is 0 Å². The highest BCUT2D eigenvalue weighted by Crippen LogP contribution is 2.31. The Labute approximate surface area is 69.8 Å². The Morgan fingerprint density at radius 3 is 2.17 bits per heavy atom. The van der Waals surface area contributed by atoms with Crippen LogP contribution in [0.15, 0.2) is 24.3 Å². The van der Waals surface area contributed by atoms with Gasteiger partial charge in [-0.15, -0.1) is 0 Å². The molecule has 4 heteroatoms. The molecule has 0 saturated heterocycles. The van der Waals surface area contributed by atoms with Gasteiger partial charge in [-0.2, -0.15) is 13.2 Å². The van der Waals surface area contributed by atoms with Crippen LogP contribution in [0.3, 0.4) is 0 Å². The Morgan fingerprint density at radius 1 is 1.17 bits per heavy atom. The molecule has 0 aliphatic rings. The van der Waals surface area contributed by atoms with Crippen LogP contribution < -0.4 is 0 Å². The Kier molecular flexibility index (Phi) is 2.45. The molecule has 0 unspecified atom stereocenters. The van der Waals surface area contributed by atoms with Gasteiger partial charge in [0.2, 0.25) is 0 Å². The molecule has 12 heavy (non-hydrogen) atoms. The van der Waals surface area contributed by atoms with Crippen LogP contribution >= 0.6 is 0 Å². The molecule has 0 N–H and O–H groups in total. The van der Waals surface area contributed by atoms with E-state index in [1.165, 1.54) is 12.1 Å². The lowest BCUT2D eigenvalue weighted by Gasteiger charge is -2.10. The summed E-state index contributed by atoms with van der Waals surface area (Å²) in [5.41, 5.74) is -0.169. The quantitative estimate of drug-likeness (QED) is 0.567. The zero-order valence-electron chi connectivity index (χ0n) is 6.65. The van der Waals surface area contributed by atoms with Crippen LogP contribution in [0.5, 0.6) is 0 Å². The third kappa shape index (κ3) is 1.81. The summed E-state index contributed by atoms with van der Waals surface area (Å²) in [5, 5.41) is 0. The van der Waals surface area contributed by atoms with Crippen molar-refractivity contribution in [3.8, 4) is 0 Å². The molecule has 64 valence electrons. The third-order valence-electron chi connectivity index (χ3n) is 1.70. The van der Waals surface area contributed by atoms with E-state index in [1.807, 2.05) is 0 Å². The van der Waals surface area contributed by atoms with Crippen LogP contribution in [-0.2, 0) is 12.5 Å². The van der Waals surface area contributed by atoms with Crippen molar-refractivity contribution in [2.45, 2.75) is 12.5 Å². The van der Waals surface area contributed by atoms with E-state index in [0.717, 1.165) is 6.07 Å². The lowest BCUT2D eigenvalue weighted by Crippen LogP contribution is -2.08. The Bertz CT molecular complexity index is 267. The van der Waals surface area contributed by atoms with Crippen molar-refractivity contribution in [2.24, 2.45) is 0 Å². The number of alkyl halides is 3. The molecular formula is C8H8BF3. The summed E-state index contributed by atoms with van der Waals surface area (Å²) in [5.74, 6) is 0. The standard InChI is InChI=1S/C8H8BF3/c9-5-6-3-1-2-4-7(6)8(10,11)12/h1-4H,5,9H2. The monoisotopic (exact) mass is 172 g/mol. The van der Waals surface area contributed by atoms with Crippen molar-refractivity contribution in [3.63, 3.8) is 0 Å². The van der Waals surface area contributed by atoms with Gasteiger partial charge in [0.1, 0.15) is 7.85 Å². The largest absolute Gasteiger partial charge is 0.416 e. The first kappa shape index (κ1) is 9.17. The van der Waals surface area contributed by atoms with Gasteiger partial charge in [0.25, 0.3) is 0 Å². The zero-order chi connectivity index (χ0) is 9.19. The molecular weight excluding hydrogens is 164 g/mol. The maximum absolute atomic E-state index is 12.2. The van der Waals surface area contributed by atoms with Gasteiger partial charge in [-0.3, -0.25) is 0 Å². The third-order valence-corrected chi connectivity index (χ3v) is 1.70. The Balaban J connectivity index is 3.14. The molecule has 1 rings (SSSR count). The summed E-state index contributed by atoms with van der Waals surface area (Å²) in [6, 6.07) is 5.64. The summed E-state index contributed by atoms with van der Waals surface area (Å²) in [4.78, 5) is 0. The van der Waals surface area contributed by atoms with E-state index in [9.17, 15) is 13.2 Å². The Morgan fingerprint density at radius 2 is 1.75 bits per heavy atom. The molecule has 0 aliphatic heterocycles. The van der Waals surface area contributed by atoms with Gasteiger partial charge in [0.15, 0.2) is 0 Å². The van der Waals surface area contributed by atoms with E-state index in [-0.39, 0.29) is 0 Å². The average molecular weight is 172 g/mol. The van der Waals surface area contributed by atoms with Gasteiger partial charge in [0, 0.05) is 0 Å². The van der Waals surface area contributed by atoms with Gasteiger partial charge in [-0.05, 0) is 11.6 Å². The maximum Gasteiger partial charge on any atom is 0.416 e. The first-order valence-electron chi connectivity index (χ1n) is 3.70. The molecule has 0 amide bonds. The average Bonchev–Trinajstić information content (AvgIpc) is 2.03. The minimum absolute atomic E-state index is 0.352. The first-order chi connectivity index (χ1) is 5.55. The minimum atomic E-state index is -4.22. The van der Waals surface area contributed by atoms with Crippen molar-refractivity contribution >= 4 is 7.85 Å². The van der Waals surface area contributed by atoms with E-state index in [4.69, 9.17) is 0 Å². The second-order valence-electron chi connectivity index (χ2n) is 2.51. The van der Waals surface area contributed by atoms with Gasteiger partial charge in [-0.1, -0.05) is 24.5 Å². The van der Waals surface area contributed by atoms with Crippen LogP contribution in [0.1, 0.15) is 11.1 Å². The summed E-state index contributed by atoms with van der Waals surface area (Å²) in [6.07, 6.45) is -3.80. The number of hydrogen-bond acceptors (Lipinski definition) is 0. The molecule has 0 saturated carbocycles. The molecule has 0 heterocycles. The number of halogens is 3. The highest BCUT2D eigenvalue weighted by molar-refractivity contribution is 6.08. The predicted octanol–water partition coefficient (Wildman–Crippen LogP) is 1.84. The molecule has 1 aromatic carbocycles. The van der Waals surface area contributed by atoms with Crippen molar-refractivity contribution in [2.75, 3.05) is 0 Å². The normalized spacial score (nSPS) is 11.6. The highest BCUT2D eigenvalue weighted by Gasteiger charge is 2.32. The number of benzene rings is 1. The molecule has 0 fully saturated rings. The van der Waals surface area contributed by atoms with Gasteiger partial charge in [0.05, 0.1) is 5.56 Å². The molecule has 0 bridgehead atoms. The van der Waals surface area contributed by atoms with E-state index in [0.29, 0.717) is 11.9 Å². The van der Waals surface area contributed by atoms with Crippen LogP contribution in [-0.4, -0.2) is 7.85 Å². The first-order valence-corrected chi connectivity index (χ1v) is 3.70. The lowest BCUT2D eigenvalue weighted by atomic mass is 9.93. The van der Waals surface area contributed by atoms with Crippen molar-refractivity contribution in [1.29, 1.82) is 0 Å². The summed E-state index contributed by atoms with van der Waals surface area (Å²) < 4.78 is 36.7. The molecule has 0 radical (unpaired) electrons. The summed E-state index contributed by atoms with van der Waals surface area (Å²) >= 11 is 0. The van der Waals surface area contributed by atoms with Gasteiger partial charge in [-0.25, -0.2) is 0 Å². The van der Waals surface area contributed by atoms with E-state index in [1.54, 1.807) is 13.9 Å². The molecule has 0 aliphatic carbocycles. The fourth-order valence-corrected chi connectivity index (χ4v) is 1.11.